The molecule has 1 saturated heterocycles. The largest absolute Gasteiger partial charge is 0.347 e. The molecule has 3 rings (SSSR count). The molecule has 1 aliphatic rings. The molecule has 3 amide bonds. The fraction of sp³-hybridized carbons (Fsp3) is 0.320. The van der Waals surface area contributed by atoms with Gasteiger partial charge in [-0.05, 0) is 35.4 Å². The van der Waals surface area contributed by atoms with Crippen LogP contribution >= 0.6 is 0 Å². The van der Waals surface area contributed by atoms with Gasteiger partial charge in [0.25, 0.3) is 11.8 Å². The second kappa shape index (κ2) is 10.4. The third-order valence-electron chi connectivity index (χ3n) is 5.57. The lowest BCUT2D eigenvalue weighted by molar-refractivity contribution is -0.135. The lowest BCUT2D eigenvalue weighted by Crippen LogP contribution is -2.61. The van der Waals surface area contributed by atoms with Crippen LogP contribution in [0.25, 0.3) is 0 Å². The molecular weight excluding hydrogens is 418 g/mol. The van der Waals surface area contributed by atoms with E-state index in [4.69, 9.17) is 10.5 Å². The Balaban J connectivity index is 1.85. The highest BCUT2D eigenvalue weighted by Crippen LogP contribution is 2.19. The number of nitriles is 2. The molecule has 0 aromatic heterocycles. The Labute approximate surface area is 193 Å². The summed E-state index contributed by atoms with van der Waals surface area (Å²) < 4.78 is 0. The van der Waals surface area contributed by atoms with Crippen molar-refractivity contribution in [2.75, 3.05) is 33.7 Å². The Kier molecular flexibility index (Phi) is 7.42. The van der Waals surface area contributed by atoms with Crippen molar-refractivity contribution in [2.45, 2.75) is 18.9 Å². The fourth-order valence-corrected chi connectivity index (χ4v) is 3.88. The maximum atomic E-state index is 13.3. The molecule has 33 heavy (non-hydrogen) atoms. The molecule has 8 nitrogen and oxygen atoms in total. The number of likely N-dealkylation sites (N-methyl/N-ethyl adjacent to an activating group) is 1. The number of piperazine rings is 1. The van der Waals surface area contributed by atoms with Gasteiger partial charge in [-0.2, -0.15) is 10.5 Å². The van der Waals surface area contributed by atoms with Crippen molar-refractivity contribution in [1.82, 2.24) is 14.7 Å². The van der Waals surface area contributed by atoms with Gasteiger partial charge in [0.1, 0.15) is 6.04 Å². The average molecular weight is 444 g/mol. The third kappa shape index (κ3) is 5.36. The summed E-state index contributed by atoms with van der Waals surface area (Å²) in [4.78, 5) is 43.9. The summed E-state index contributed by atoms with van der Waals surface area (Å²) in [6.07, 6.45) is 0.393. The highest BCUT2D eigenvalue weighted by molar-refractivity contribution is 5.99. The fourth-order valence-electron chi connectivity index (χ4n) is 3.88. The molecule has 1 fully saturated rings. The normalized spacial score (nSPS) is 15.3. The zero-order valence-corrected chi connectivity index (χ0v) is 18.7. The van der Waals surface area contributed by atoms with Crippen molar-refractivity contribution >= 4 is 17.7 Å². The number of benzene rings is 2. The number of hydrogen-bond donors (Lipinski definition) is 0. The molecule has 0 aliphatic carbocycles. The molecule has 0 bridgehead atoms. The van der Waals surface area contributed by atoms with E-state index in [0.29, 0.717) is 11.1 Å². The van der Waals surface area contributed by atoms with E-state index in [2.05, 4.69) is 12.1 Å². The minimum Gasteiger partial charge on any atom is -0.347 e. The topological polar surface area (TPSA) is 109 Å². The molecule has 1 unspecified atom stereocenters. The van der Waals surface area contributed by atoms with Crippen LogP contribution in [0.4, 0.5) is 0 Å². The van der Waals surface area contributed by atoms with Crippen molar-refractivity contribution in [3.05, 3.63) is 70.8 Å². The van der Waals surface area contributed by atoms with Gasteiger partial charge in [-0.1, -0.05) is 24.3 Å². The number of carbonyl (C=O) groups excluding carboxylic acids is 3. The van der Waals surface area contributed by atoms with E-state index in [0.717, 1.165) is 11.1 Å². The SMILES string of the molecule is CN(C)C(=O)C1CN(C(=O)c2cccc(CC#N)c2)CCN1C(=O)c1cccc(CC#N)c1. The molecule has 0 spiro atoms. The van der Waals surface area contributed by atoms with E-state index in [9.17, 15) is 14.4 Å². The minimum absolute atomic E-state index is 0.0714. The molecule has 168 valence electrons. The van der Waals surface area contributed by atoms with E-state index in [1.165, 1.54) is 9.80 Å². The van der Waals surface area contributed by atoms with Crippen LogP contribution in [0.15, 0.2) is 48.5 Å². The van der Waals surface area contributed by atoms with Crippen LogP contribution in [0.5, 0.6) is 0 Å². The van der Waals surface area contributed by atoms with Gasteiger partial charge in [0.2, 0.25) is 5.91 Å². The predicted octanol–water partition coefficient (Wildman–Crippen LogP) is 1.87. The molecule has 0 saturated carbocycles. The average Bonchev–Trinajstić information content (AvgIpc) is 2.83. The number of nitrogens with zero attached hydrogens (tertiary/aromatic N) is 5. The Bertz CT molecular complexity index is 1150. The molecule has 2 aromatic rings. The third-order valence-corrected chi connectivity index (χ3v) is 5.57. The molecule has 1 atom stereocenters. The van der Waals surface area contributed by atoms with Gasteiger partial charge in [0.05, 0.1) is 31.5 Å². The van der Waals surface area contributed by atoms with Crippen molar-refractivity contribution < 1.29 is 14.4 Å². The highest BCUT2D eigenvalue weighted by atomic mass is 16.2. The maximum absolute atomic E-state index is 13.3. The second-order valence-electron chi connectivity index (χ2n) is 8.07. The van der Waals surface area contributed by atoms with Crippen LogP contribution in [-0.4, -0.2) is 72.2 Å². The Morgan fingerprint density at radius 2 is 1.45 bits per heavy atom. The first-order valence-electron chi connectivity index (χ1n) is 10.6. The number of carbonyl (C=O) groups is 3. The van der Waals surface area contributed by atoms with Gasteiger partial charge in [0.15, 0.2) is 0 Å². The van der Waals surface area contributed by atoms with Crippen molar-refractivity contribution in [3.63, 3.8) is 0 Å². The van der Waals surface area contributed by atoms with Gasteiger partial charge in [-0.25, -0.2) is 0 Å². The predicted molar refractivity (Wildman–Crippen MR) is 121 cm³/mol. The number of rotatable bonds is 5. The Morgan fingerprint density at radius 3 is 1.97 bits per heavy atom. The van der Waals surface area contributed by atoms with Crippen molar-refractivity contribution in [3.8, 4) is 12.1 Å². The van der Waals surface area contributed by atoms with Gasteiger partial charge < -0.3 is 14.7 Å². The van der Waals surface area contributed by atoms with Gasteiger partial charge in [0, 0.05) is 38.3 Å². The summed E-state index contributed by atoms with van der Waals surface area (Å²) in [5, 5.41) is 17.9. The van der Waals surface area contributed by atoms with Gasteiger partial charge >= 0.3 is 0 Å². The smallest absolute Gasteiger partial charge is 0.254 e. The standard InChI is InChI=1S/C25H25N5O3/c1-28(2)25(33)22-17-29(23(31)20-7-3-5-18(15-20)9-11-26)13-14-30(22)24(32)21-8-4-6-19(16-21)10-12-27/h3-8,15-16,22H,9-10,13-14,17H2,1-2H3. The minimum atomic E-state index is -0.827. The summed E-state index contributed by atoms with van der Waals surface area (Å²) >= 11 is 0. The molecule has 1 aliphatic heterocycles. The van der Waals surface area contributed by atoms with Crippen LogP contribution in [-0.2, 0) is 17.6 Å². The summed E-state index contributed by atoms with van der Waals surface area (Å²) in [6.45, 7) is 0.555. The van der Waals surface area contributed by atoms with Crippen LogP contribution in [0.1, 0.15) is 31.8 Å². The first-order chi connectivity index (χ1) is 15.8. The first kappa shape index (κ1) is 23.5. The molecule has 0 N–H and O–H groups in total. The maximum Gasteiger partial charge on any atom is 0.254 e. The Hall–Kier alpha value is -4.17. The zero-order valence-electron chi connectivity index (χ0n) is 18.7. The molecular formula is C25H25N5O3. The van der Waals surface area contributed by atoms with E-state index < -0.39 is 6.04 Å². The highest BCUT2D eigenvalue weighted by Gasteiger charge is 2.38. The monoisotopic (exact) mass is 443 g/mol. The second-order valence-corrected chi connectivity index (χ2v) is 8.07. The summed E-state index contributed by atoms with van der Waals surface area (Å²) in [6, 6.07) is 17.0. The van der Waals surface area contributed by atoms with E-state index in [1.807, 2.05) is 0 Å². The molecule has 2 aromatic carbocycles. The summed E-state index contributed by atoms with van der Waals surface area (Å²) in [7, 11) is 3.23. The first-order valence-corrected chi connectivity index (χ1v) is 10.6. The van der Waals surface area contributed by atoms with Crippen molar-refractivity contribution in [2.24, 2.45) is 0 Å². The van der Waals surface area contributed by atoms with E-state index in [-0.39, 0.29) is 50.2 Å². The van der Waals surface area contributed by atoms with Gasteiger partial charge in [-0.3, -0.25) is 14.4 Å². The van der Waals surface area contributed by atoms with Crippen molar-refractivity contribution in [1.29, 1.82) is 10.5 Å². The molecule has 1 heterocycles. The van der Waals surface area contributed by atoms with E-state index >= 15 is 0 Å². The summed E-state index contributed by atoms with van der Waals surface area (Å²) in [5.41, 5.74) is 2.33. The van der Waals surface area contributed by atoms with Crippen LogP contribution in [0.3, 0.4) is 0 Å². The quantitative estimate of drug-likeness (QED) is 0.701. The van der Waals surface area contributed by atoms with Crippen LogP contribution < -0.4 is 0 Å². The Morgan fingerprint density at radius 1 is 0.909 bits per heavy atom. The number of hydrogen-bond acceptors (Lipinski definition) is 5. The number of amides is 3. The molecule has 0 radical (unpaired) electrons. The summed E-state index contributed by atoms with van der Waals surface area (Å²) in [5.74, 6) is -0.820. The van der Waals surface area contributed by atoms with E-state index in [1.54, 1.807) is 67.5 Å². The lowest BCUT2D eigenvalue weighted by atomic mass is 10.0. The van der Waals surface area contributed by atoms with Crippen LogP contribution in [0, 0.1) is 22.7 Å². The lowest BCUT2D eigenvalue weighted by Gasteiger charge is -2.41. The zero-order chi connectivity index (χ0) is 24.0. The van der Waals surface area contributed by atoms with Gasteiger partial charge in [-0.15, -0.1) is 0 Å². The molecule has 8 heteroatoms. The van der Waals surface area contributed by atoms with Crippen LogP contribution in [0.2, 0.25) is 0 Å².